The van der Waals surface area contributed by atoms with Crippen LogP contribution in [0.15, 0.2) is 29.2 Å². The molecule has 1 rings (SSSR count). The summed E-state index contributed by atoms with van der Waals surface area (Å²) in [6, 6.07) is 6.71. The standard InChI is InChI=1S/C13H22N2O2S/c1-10(2)9-14-12-5-7-13(8-6-12)18(16,17)15-11(3)4/h5-8,10-11,14-15H,9H2,1-4H3. The van der Waals surface area contributed by atoms with E-state index >= 15 is 0 Å². The highest BCUT2D eigenvalue weighted by atomic mass is 32.2. The summed E-state index contributed by atoms with van der Waals surface area (Å²) in [5.74, 6) is 0.552. The molecule has 0 aliphatic heterocycles. The molecule has 0 aliphatic rings. The first kappa shape index (κ1) is 15.0. The van der Waals surface area contributed by atoms with Gasteiger partial charge in [0.2, 0.25) is 10.0 Å². The topological polar surface area (TPSA) is 58.2 Å². The highest BCUT2D eigenvalue weighted by Crippen LogP contribution is 2.14. The van der Waals surface area contributed by atoms with Crippen LogP contribution in [0.3, 0.4) is 0 Å². The molecule has 4 nitrogen and oxygen atoms in total. The van der Waals surface area contributed by atoms with Crippen molar-refractivity contribution in [3.8, 4) is 0 Å². The van der Waals surface area contributed by atoms with Crippen LogP contribution in [0.1, 0.15) is 27.7 Å². The highest BCUT2D eigenvalue weighted by Gasteiger charge is 2.14. The molecule has 0 amide bonds. The number of anilines is 1. The molecule has 0 unspecified atom stereocenters. The van der Waals surface area contributed by atoms with Gasteiger partial charge in [-0.05, 0) is 44.0 Å². The Kier molecular flexibility index (Phi) is 5.16. The molecule has 5 heteroatoms. The van der Waals surface area contributed by atoms with Crippen molar-refractivity contribution in [2.45, 2.75) is 38.6 Å². The lowest BCUT2D eigenvalue weighted by Gasteiger charge is -2.11. The van der Waals surface area contributed by atoms with Crippen LogP contribution < -0.4 is 10.0 Å². The molecule has 102 valence electrons. The van der Waals surface area contributed by atoms with Crippen LogP contribution in [0.4, 0.5) is 5.69 Å². The van der Waals surface area contributed by atoms with Gasteiger partial charge in [0.25, 0.3) is 0 Å². The van der Waals surface area contributed by atoms with Crippen LogP contribution in [0.25, 0.3) is 0 Å². The average molecular weight is 270 g/mol. The van der Waals surface area contributed by atoms with Gasteiger partial charge in [-0.25, -0.2) is 13.1 Å². The molecule has 0 atom stereocenters. The van der Waals surface area contributed by atoms with Gasteiger partial charge in [-0.15, -0.1) is 0 Å². The van der Waals surface area contributed by atoms with E-state index in [0.717, 1.165) is 12.2 Å². The van der Waals surface area contributed by atoms with E-state index in [1.165, 1.54) is 0 Å². The Morgan fingerprint density at radius 1 is 1.06 bits per heavy atom. The van der Waals surface area contributed by atoms with Crippen molar-refractivity contribution in [1.82, 2.24) is 4.72 Å². The molecule has 0 saturated carbocycles. The SMILES string of the molecule is CC(C)CNc1ccc(S(=O)(=O)NC(C)C)cc1. The van der Waals surface area contributed by atoms with Crippen molar-refractivity contribution in [2.75, 3.05) is 11.9 Å². The Bertz CT molecular complexity index is 464. The predicted molar refractivity (Wildman–Crippen MR) is 75.2 cm³/mol. The van der Waals surface area contributed by atoms with E-state index in [1.807, 2.05) is 0 Å². The van der Waals surface area contributed by atoms with Gasteiger partial charge >= 0.3 is 0 Å². The largest absolute Gasteiger partial charge is 0.385 e. The molecule has 0 aromatic heterocycles. The van der Waals surface area contributed by atoms with Gasteiger partial charge in [-0.2, -0.15) is 0 Å². The Morgan fingerprint density at radius 3 is 2.06 bits per heavy atom. The minimum atomic E-state index is -3.39. The van der Waals surface area contributed by atoms with Gasteiger partial charge in [-0.3, -0.25) is 0 Å². The van der Waals surface area contributed by atoms with Gasteiger partial charge in [0.05, 0.1) is 4.90 Å². The van der Waals surface area contributed by atoms with Gasteiger partial charge < -0.3 is 5.32 Å². The number of nitrogens with one attached hydrogen (secondary N) is 2. The zero-order chi connectivity index (χ0) is 13.8. The third-order valence-electron chi connectivity index (χ3n) is 2.27. The van der Waals surface area contributed by atoms with Crippen LogP contribution in [0.2, 0.25) is 0 Å². The molecule has 0 bridgehead atoms. The van der Waals surface area contributed by atoms with E-state index in [0.29, 0.717) is 10.8 Å². The van der Waals surface area contributed by atoms with Gasteiger partial charge in [0.1, 0.15) is 0 Å². The Morgan fingerprint density at radius 2 is 1.61 bits per heavy atom. The Balaban J connectivity index is 2.76. The second kappa shape index (κ2) is 6.20. The number of hydrogen-bond donors (Lipinski definition) is 2. The molecule has 0 heterocycles. The Labute approximate surface area is 110 Å². The summed E-state index contributed by atoms with van der Waals surface area (Å²) < 4.78 is 26.3. The fourth-order valence-corrected chi connectivity index (χ4v) is 2.70. The predicted octanol–water partition coefficient (Wildman–Crippen LogP) is 2.44. The van der Waals surface area contributed by atoms with Crippen LogP contribution in [0, 0.1) is 5.92 Å². The molecular formula is C13H22N2O2S. The van der Waals surface area contributed by atoms with Gasteiger partial charge in [0, 0.05) is 18.3 Å². The first-order valence-electron chi connectivity index (χ1n) is 6.17. The van der Waals surface area contributed by atoms with Crippen LogP contribution in [-0.4, -0.2) is 21.0 Å². The minimum Gasteiger partial charge on any atom is -0.385 e. The van der Waals surface area contributed by atoms with Crippen molar-refractivity contribution >= 4 is 15.7 Å². The van der Waals surface area contributed by atoms with Crippen molar-refractivity contribution in [1.29, 1.82) is 0 Å². The number of benzene rings is 1. The summed E-state index contributed by atoms with van der Waals surface area (Å²) in [4.78, 5) is 0.297. The van der Waals surface area contributed by atoms with E-state index in [-0.39, 0.29) is 6.04 Å². The molecule has 0 saturated heterocycles. The number of hydrogen-bond acceptors (Lipinski definition) is 3. The lowest BCUT2D eigenvalue weighted by Crippen LogP contribution is -2.30. The zero-order valence-electron chi connectivity index (χ0n) is 11.4. The molecule has 0 spiro atoms. The summed E-state index contributed by atoms with van der Waals surface area (Å²) in [5, 5.41) is 3.25. The third kappa shape index (κ3) is 4.66. The molecule has 0 radical (unpaired) electrons. The smallest absolute Gasteiger partial charge is 0.240 e. The zero-order valence-corrected chi connectivity index (χ0v) is 12.2. The van der Waals surface area contributed by atoms with E-state index in [1.54, 1.807) is 38.1 Å². The lowest BCUT2D eigenvalue weighted by atomic mass is 10.2. The van der Waals surface area contributed by atoms with Crippen molar-refractivity contribution < 1.29 is 8.42 Å². The van der Waals surface area contributed by atoms with E-state index in [4.69, 9.17) is 0 Å². The maximum Gasteiger partial charge on any atom is 0.240 e. The molecule has 1 aromatic rings. The fourth-order valence-electron chi connectivity index (χ4n) is 1.45. The van der Waals surface area contributed by atoms with Crippen LogP contribution >= 0.6 is 0 Å². The number of rotatable bonds is 6. The summed E-state index contributed by atoms with van der Waals surface area (Å²) in [6.07, 6.45) is 0. The second-order valence-corrected chi connectivity index (χ2v) is 6.79. The normalized spacial score (nSPS) is 12.1. The summed E-state index contributed by atoms with van der Waals surface area (Å²) in [6.45, 7) is 8.72. The maximum absolute atomic E-state index is 11.9. The van der Waals surface area contributed by atoms with Crippen molar-refractivity contribution in [3.05, 3.63) is 24.3 Å². The quantitative estimate of drug-likeness (QED) is 0.834. The third-order valence-corrected chi connectivity index (χ3v) is 3.94. The van der Waals surface area contributed by atoms with Crippen molar-refractivity contribution in [3.63, 3.8) is 0 Å². The molecule has 0 fully saturated rings. The van der Waals surface area contributed by atoms with Gasteiger partial charge in [-0.1, -0.05) is 13.8 Å². The minimum absolute atomic E-state index is 0.103. The first-order chi connectivity index (χ1) is 8.31. The van der Waals surface area contributed by atoms with E-state index in [9.17, 15) is 8.42 Å². The van der Waals surface area contributed by atoms with E-state index in [2.05, 4.69) is 23.9 Å². The summed E-state index contributed by atoms with van der Waals surface area (Å²) in [7, 11) is -3.39. The highest BCUT2D eigenvalue weighted by molar-refractivity contribution is 7.89. The second-order valence-electron chi connectivity index (χ2n) is 5.08. The van der Waals surface area contributed by atoms with Crippen LogP contribution in [-0.2, 0) is 10.0 Å². The monoisotopic (exact) mass is 270 g/mol. The van der Waals surface area contributed by atoms with E-state index < -0.39 is 10.0 Å². The fraction of sp³-hybridized carbons (Fsp3) is 0.538. The number of sulfonamides is 1. The average Bonchev–Trinajstić information content (AvgIpc) is 2.25. The Hall–Kier alpha value is -1.07. The first-order valence-corrected chi connectivity index (χ1v) is 7.66. The molecule has 1 aromatic carbocycles. The molecule has 2 N–H and O–H groups in total. The molecule has 18 heavy (non-hydrogen) atoms. The molecule has 0 aliphatic carbocycles. The molecular weight excluding hydrogens is 248 g/mol. The van der Waals surface area contributed by atoms with Crippen molar-refractivity contribution in [2.24, 2.45) is 5.92 Å². The summed E-state index contributed by atoms with van der Waals surface area (Å²) >= 11 is 0. The van der Waals surface area contributed by atoms with Gasteiger partial charge in [0.15, 0.2) is 0 Å². The lowest BCUT2D eigenvalue weighted by molar-refractivity contribution is 0.570. The summed E-state index contributed by atoms with van der Waals surface area (Å²) in [5.41, 5.74) is 0.937. The van der Waals surface area contributed by atoms with Crippen LogP contribution in [0.5, 0.6) is 0 Å². The maximum atomic E-state index is 11.9.